The fourth-order valence-corrected chi connectivity index (χ4v) is 4.14. The topological polar surface area (TPSA) is 20.3 Å². The first-order valence-electron chi connectivity index (χ1n) is 7.10. The first kappa shape index (κ1) is 11.3. The highest BCUT2D eigenvalue weighted by molar-refractivity contribution is 5.80. The van der Waals surface area contributed by atoms with Gasteiger partial charge in [0, 0.05) is 19.0 Å². The zero-order valence-electron chi connectivity index (χ0n) is 10.9. The van der Waals surface area contributed by atoms with E-state index in [1.165, 1.54) is 12.8 Å². The summed E-state index contributed by atoms with van der Waals surface area (Å²) in [6.07, 6.45) is 8.22. The summed E-state index contributed by atoms with van der Waals surface area (Å²) in [6, 6.07) is 0. The van der Waals surface area contributed by atoms with Crippen LogP contribution < -0.4 is 0 Å². The molecule has 1 saturated heterocycles. The third-order valence-electron chi connectivity index (χ3n) is 4.78. The Labute approximate surface area is 104 Å². The normalized spacial score (nSPS) is 44.4. The Morgan fingerprint density at radius 3 is 2.29 bits per heavy atom. The third-order valence-corrected chi connectivity index (χ3v) is 4.78. The van der Waals surface area contributed by atoms with Crippen LogP contribution in [-0.4, -0.2) is 23.9 Å². The van der Waals surface area contributed by atoms with Crippen LogP contribution in [0.2, 0.25) is 0 Å². The number of likely N-dealkylation sites (tertiary alicyclic amines) is 1. The van der Waals surface area contributed by atoms with Crippen LogP contribution in [0.25, 0.3) is 0 Å². The highest BCUT2D eigenvalue weighted by Gasteiger charge is 2.42. The minimum Gasteiger partial charge on any atom is -0.342 e. The molecule has 1 saturated carbocycles. The molecule has 3 aliphatic rings. The molecule has 2 bridgehead atoms. The van der Waals surface area contributed by atoms with Crippen molar-refractivity contribution in [3.05, 3.63) is 12.2 Å². The molecule has 94 valence electrons. The zero-order valence-corrected chi connectivity index (χ0v) is 10.9. The molecule has 2 heteroatoms. The predicted molar refractivity (Wildman–Crippen MR) is 68.4 cm³/mol. The lowest BCUT2D eigenvalue weighted by Gasteiger charge is -2.37. The summed E-state index contributed by atoms with van der Waals surface area (Å²) < 4.78 is 0. The maximum absolute atomic E-state index is 12.6. The van der Waals surface area contributed by atoms with E-state index in [-0.39, 0.29) is 0 Å². The molecule has 17 heavy (non-hydrogen) atoms. The van der Waals surface area contributed by atoms with Crippen molar-refractivity contribution >= 4 is 5.91 Å². The van der Waals surface area contributed by atoms with Crippen molar-refractivity contribution in [2.24, 2.45) is 29.6 Å². The number of amides is 1. The van der Waals surface area contributed by atoms with E-state index in [1.54, 1.807) is 0 Å². The van der Waals surface area contributed by atoms with E-state index in [2.05, 4.69) is 30.9 Å². The molecule has 0 aromatic heterocycles. The molecule has 2 fully saturated rings. The van der Waals surface area contributed by atoms with Gasteiger partial charge < -0.3 is 4.90 Å². The Hall–Kier alpha value is -0.790. The van der Waals surface area contributed by atoms with Crippen LogP contribution in [0.5, 0.6) is 0 Å². The second kappa shape index (κ2) is 4.15. The second-order valence-electron chi connectivity index (χ2n) is 6.58. The van der Waals surface area contributed by atoms with Crippen molar-refractivity contribution in [3.63, 3.8) is 0 Å². The van der Waals surface area contributed by atoms with Crippen molar-refractivity contribution in [3.8, 4) is 0 Å². The lowest BCUT2D eigenvalue weighted by Crippen LogP contribution is -2.46. The molecular formula is C15H23NO. The maximum Gasteiger partial charge on any atom is 0.226 e. The molecule has 1 aliphatic heterocycles. The summed E-state index contributed by atoms with van der Waals surface area (Å²) in [5, 5.41) is 0. The molecule has 1 amide bonds. The predicted octanol–water partition coefficient (Wildman–Crippen LogP) is 2.70. The summed E-state index contributed by atoms with van der Waals surface area (Å²) in [5.74, 6) is 3.37. The van der Waals surface area contributed by atoms with E-state index in [0.29, 0.717) is 35.5 Å². The number of piperidine rings is 1. The number of nitrogens with zero attached hydrogens (tertiary/aromatic N) is 1. The molecule has 0 aromatic carbocycles. The minimum atomic E-state index is 0.308. The van der Waals surface area contributed by atoms with Crippen LogP contribution in [0, 0.1) is 29.6 Å². The molecule has 0 N–H and O–H groups in total. The molecular weight excluding hydrogens is 210 g/mol. The van der Waals surface area contributed by atoms with Gasteiger partial charge in [-0.05, 0) is 42.9 Å². The van der Waals surface area contributed by atoms with Crippen LogP contribution in [0.1, 0.15) is 33.1 Å². The molecule has 0 aromatic rings. The van der Waals surface area contributed by atoms with Gasteiger partial charge in [-0.3, -0.25) is 4.79 Å². The van der Waals surface area contributed by atoms with Crippen molar-refractivity contribution in [1.82, 2.24) is 4.90 Å². The highest BCUT2D eigenvalue weighted by Crippen LogP contribution is 2.44. The molecule has 1 heterocycles. The number of carbonyl (C=O) groups excluding carboxylic acids is 1. The van der Waals surface area contributed by atoms with E-state index >= 15 is 0 Å². The molecule has 3 rings (SSSR count). The van der Waals surface area contributed by atoms with Gasteiger partial charge in [0.25, 0.3) is 0 Å². The quantitative estimate of drug-likeness (QED) is 0.638. The van der Waals surface area contributed by atoms with Crippen LogP contribution in [-0.2, 0) is 4.79 Å². The van der Waals surface area contributed by atoms with Gasteiger partial charge >= 0.3 is 0 Å². The Balaban J connectivity index is 1.68. The van der Waals surface area contributed by atoms with E-state index in [9.17, 15) is 4.79 Å². The van der Waals surface area contributed by atoms with Gasteiger partial charge in [0.2, 0.25) is 5.91 Å². The average Bonchev–Trinajstić information content (AvgIpc) is 2.88. The summed E-state index contributed by atoms with van der Waals surface area (Å²) in [4.78, 5) is 14.7. The lowest BCUT2D eigenvalue weighted by molar-refractivity contribution is -0.139. The largest absolute Gasteiger partial charge is 0.342 e. The fraction of sp³-hybridized carbons (Fsp3) is 0.800. The van der Waals surface area contributed by atoms with Gasteiger partial charge in [-0.25, -0.2) is 0 Å². The van der Waals surface area contributed by atoms with E-state index in [0.717, 1.165) is 19.5 Å². The highest BCUT2D eigenvalue weighted by atomic mass is 16.2. The molecule has 5 atom stereocenters. The van der Waals surface area contributed by atoms with E-state index in [1.807, 2.05) is 0 Å². The van der Waals surface area contributed by atoms with Crippen LogP contribution >= 0.6 is 0 Å². The standard InChI is InChI=1S/C15H23NO/c1-10-5-11(2)9-16(8-10)15(17)14-7-12-3-4-13(14)6-12/h3-4,10-14H,5-9H2,1-2H3. The Kier molecular flexibility index (Phi) is 2.76. The molecule has 0 radical (unpaired) electrons. The van der Waals surface area contributed by atoms with Gasteiger partial charge in [0.15, 0.2) is 0 Å². The SMILES string of the molecule is CC1CC(C)CN(C(=O)C2CC3C=CC2C3)C1. The zero-order chi connectivity index (χ0) is 12.0. The van der Waals surface area contributed by atoms with Gasteiger partial charge in [-0.2, -0.15) is 0 Å². The van der Waals surface area contributed by atoms with Crippen molar-refractivity contribution in [2.45, 2.75) is 33.1 Å². The average molecular weight is 233 g/mol. The monoisotopic (exact) mass is 233 g/mol. The van der Waals surface area contributed by atoms with Crippen molar-refractivity contribution in [2.75, 3.05) is 13.1 Å². The van der Waals surface area contributed by atoms with Crippen LogP contribution in [0.15, 0.2) is 12.2 Å². The number of allylic oxidation sites excluding steroid dienone is 2. The van der Waals surface area contributed by atoms with Crippen molar-refractivity contribution < 1.29 is 4.79 Å². The first-order chi connectivity index (χ1) is 8.13. The number of hydrogen-bond acceptors (Lipinski definition) is 1. The van der Waals surface area contributed by atoms with Gasteiger partial charge in [0.1, 0.15) is 0 Å². The van der Waals surface area contributed by atoms with Gasteiger partial charge in [-0.1, -0.05) is 26.0 Å². The summed E-state index contributed by atoms with van der Waals surface area (Å²) >= 11 is 0. The minimum absolute atomic E-state index is 0.308. The number of hydrogen-bond donors (Lipinski definition) is 0. The van der Waals surface area contributed by atoms with Crippen LogP contribution in [0.3, 0.4) is 0 Å². The smallest absolute Gasteiger partial charge is 0.226 e. The summed E-state index contributed by atoms with van der Waals surface area (Å²) in [7, 11) is 0. The Morgan fingerprint density at radius 1 is 1.06 bits per heavy atom. The Morgan fingerprint density at radius 2 is 1.76 bits per heavy atom. The van der Waals surface area contributed by atoms with E-state index < -0.39 is 0 Å². The number of carbonyl (C=O) groups is 1. The van der Waals surface area contributed by atoms with Crippen LogP contribution in [0.4, 0.5) is 0 Å². The van der Waals surface area contributed by atoms with Gasteiger partial charge in [-0.15, -0.1) is 0 Å². The number of rotatable bonds is 1. The van der Waals surface area contributed by atoms with Crippen molar-refractivity contribution in [1.29, 1.82) is 0 Å². The summed E-state index contributed by atoms with van der Waals surface area (Å²) in [5.41, 5.74) is 0. The third kappa shape index (κ3) is 2.02. The molecule has 2 nitrogen and oxygen atoms in total. The maximum atomic E-state index is 12.6. The second-order valence-corrected chi connectivity index (χ2v) is 6.58. The Bertz CT molecular complexity index is 339. The summed E-state index contributed by atoms with van der Waals surface area (Å²) in [6.45, 7) is 6.52. The van der Waals surface area contributed by atoms with Gasteiger partial charge in [0.05, 0.1) is 0 Å². The first-order valence-corrected chi connectivity index (χ1v) is 7.10. The number of fused-ring (bicyclic) bond motifs is 2. The molecule has 2 aliphatic carbocycles. The van der Waals surface area contributed by atoms with E-state index in [4.69, 9.17) is 0 Å². The molecule has 5 unspecified atom stereocenters. The lowest BCUT2D eigenvalue weighted by atomic mass is 9.88. The molecule has 0 spiro atoms. The fourth-order valence-electron chi connectivity index (χ4n) is 4.14.